The quantitative estimate of drug-likeness (QED) is 0.816. The van der Waals surface area contributed by atoms with Crippen molar-refractivity contribution in [3.63, 3.8) is 0 Å². The Labute approximate surface area is 128 Å². The first-order valence-corrected chi connectivity index (χ1v) is 8.13. The molecule has 4 heteroatoms. The molecule has 1 unspecified atom stereocenters. The summed E-state index contributed by atoms with van der Waals surface area (Å²) in [6.45, 7) is 10.7. The predicted molar refractivity (Wildman–Crippen MR) is 83.9 cm³/mol. The summed E-state index contributed by atoms with van der Waals surface area (Å²) in [5.74, 6) is 0.0591. The Bertz CT molecular complexity index is 363. The van der Waals surface area contributed by atoms with Crippen molar-refractivity contribution in [3.05, 3.63) is 0 Å². The topological polar surface area (TPSA) is 66.4 Å². The number of carboxylic acid groups (broad SMARTS) is 1. The van der Waals surface area contributed by atoms with Gasteiger partial charge in [0.05, 0.1) is 6.42 Å². The highest BCUT2D eigenvalue weighted by molar-refractivity contribution is 5.79. The summed E-state index contributed by atoms with van der Waals surface area (Å²) in [5.41, 5.74) is 0.311. The lowest BCUT2D eigenvalue weighted by molar-refractivity contribution is -0.138. The fourth-order valence-corrected chi connectivity index (χ4v) is 3.16. The summed E-state index contributed by atoms with van der Waals surface area (Å²) < 4.78 is 0. The van der Waals surface area contributed by atoms with Crippen LogP contribution in [0.1, 0.15) is 66.7 Å². The molecule has 0 saturated heterocycles. The number of hydrogen-bond acceptors (Lipinski definition) is 2. The maximum absolute atomic E-state index is 12.3. The van der Waals surface area contributed by atoms with Crippen LogP contribution in [0.4, 0.5) is 0 Å². The van der Waals surface area contributed by atoms with Crippen molar-refractivity contribution in [3.8, 4) is 0 Å². The fraction of sp³-hybridized carbons (Fsp3) is 0.882. The molecule has 0 heterocycles. The molecule has 0 spiro atoms. The highest BCUT2D eigenvalue weighted by atomic mass is 16.4. The number of carboxylic acids is 1. The SMILES string of the molecule is CC(C)C(CC(=O)O)NC(=O)C1CCC(C(C)(C)C)CC1. The van der Waals surface area contributed by atoms with E-state index in [0.717, 1.165) is 25.7 Å². The lowest BCUT2D eigenvalue weighted by atomic mass is 9.69. The molecule has 0 aromatic heterocycles. The molecule has 1 aliphatic rings. The van der Waals surface area contributed by atoms with E-state index in [4.69, 9.17) is 5.11 Å². The van der Waals surface area contributed by atoms with Gasteiger partial charge >= 0.3 is 5.97 Å². The van der Waals surface area contributed by atoms with E-state index in [1.807, 2.05) is 13.8 Å². The number of aliphatic carboxylic acids is 1. The van der Waals surface area contributed by atoms with E-state index in [-0.39, 0.29) is 30.2 Å². The fourth-order valence-electron chi connectivity index (χ4n) is 3.16. The monoisotopic (exact) mass is 297 g/mol. The minimum atomic E-state index is -0.856. The number of carbonyl (C=O) groups excluding carboxylic acids is 1. The molecule has 122 valence electrons. The standard InChI is InChI=1S/C17H31NO3/c1-11(2)14(10-15(19)20)18-16(21)12-6-8-13(9-7-12)17(3,4)5/h11-14H,6-10H2,1-5H3,(H,18,21)(H,19,20). The van der Waals surface area contributed by atoms with Gasteiger partial charge in [-0.3, -0.25) is 9.59 Å². The van der Waals surface area contributed by atoms with Gasteiger partial charge in [-0.2, -0.15) is 0 Å². The van der Waals surface area contributed by atoms with Crippen LogP contribution in [0.25, 0.3) is 0 Å². The van der Waals surface area contributed by atoms with Crippen molar-refractivity contribution >= 4 is 11.9 Å². The molecular formula is C17H31NO3. The third kappa shape index (κ3) is 5.68. The van der Waals surface area contributed by atoms with E-state index in [1.165, 1.54) is 0 Å². The number of carbonyl (C=O) groups is 2. The van der Waals surface area contributed by atoms with Crippen LogP contribution in [0.15, 0.2) is 0 Å². The zero-order chi connectivity index (χ0) is 16.2. The molecule has 2 N–H and O–H groups in total. The van der Waals surface area contributed by atoms with Crippen LogP contribution < -0.4 is 5.32 Å². The van der Waals surface area contributed by atoms with Crippen molar-refractivity contribution in [2.45, 2.75) is 72.8 Å². The second-order valence-corrected chi connectivity index (χ2v) is 7.87. The summed E-state index contributed by atoms with van der Waals surface area (Å²) in [7, 11) is 0. The van der Waals surface area contributed by atoms with Gasteiger partial charge in [0.2, 0.25) is 5.91 Å². The van der Waals surface area contributed by atoms with E-state index in [2.05, 4.69) is 26.1 Å². The molecule has 1 saturated carbocycles. The van der Waals surface area contributed by atoms with E-state index in [9.17, 15) is 9.59 Å². The van der Waals surface area contributed by atoms with Crippen LogP contribution in [0, 0.1) is 23.2 Å². The van der Waals surface area contributed by atoms with Gasteiger partial charge in [0.15, 0.2) is 0 Å². The predicted octanol–water partition coefficient (Wildman–Crippen LogP) is 3.45. The first-order valence-electron chi connectivity index (χ1n) is 8.13. The molecule has 1 amide bonds. The number of hydrogen-bond donors (Lipinski definition) is 2. The van der Waals surface area contributed by atoms with Crippen molar-refractivity contribution in [1.29, 1.82) is 0 Å². The highest BCUT2D eigenvalue weighted by Crippen LogP contribution is 2.39. The van der Waals surface area contributed by atoms with Crippen molar-refractivity contribution < 1.29 is 14.7 Å². The molecule has 1 aliphatic carbocycles. The second-order valence-electron chi connectivity index (χ2n) is 7.87. The molecule has 1 atom stereocenters. The summed E-state index contributed by atoms with van der Waals surface area (Å²) >= 11 is 0. The summed E-state index contributed by atoms with van der Waals surface area (Å²) in [6, 6.07) is -0.268. The highest BCUT2D eigenvalue weighted by Gasteiger charge is 2.33. The van der Waals surface area contributed by atoms with Gasteiger partial charge in [0.1, 0.15) is 0 Å². The molecule has 4 nitrogen and oxygen atoms in total. The zero-order valence-electron chi connectivity index (χ0n) is 14.1. The molecule has 1 rings (SSSR count). The normalized spacial score (nSPS) is 24.7. The van der Waals surface area contributed by atoms with Gasteiger partial charge in [-0.25, -0.2) is 0 Å². The van der Waals surface area contributed by atoms with Crippen LogP contribution >= 0.6 is 0 Å². The lowest BCUT2D eigenvalue weighted by Crippen LogP contribution is -2.44. The smallest absolute Gasteiger partial charge is 0.305 e. The lowest BCUT2D eigenvalue weighted by Gasteiger charge is -2.37. The molecular weight excluding hydrogens is 266 g/mol. The van der Waals surface area contributed by atoms with Crippen LogP contribution in [0.5, 0.6) is 0 Å². The number of nitrogens with one attached hydrogen (secondary N) is 1. The molecule has 0 bridgehead atoms. The third-order valence-corrected chi connectivity index (χ3v) is 4.85. The van der Waals surface area contributed by atoms with Gasteiger partial charge in [-0.1, -0.05) is 34.6 Å². The Kier molecular flexibility index (Phi) is 6.24. The molecule has 0 aromatic carbocycles. The molecule has 0 aliphatic heterocycles. The average Bonchev–Trinajstić information content (AvgIpc) is 2.36. The van der Waals surface area contributed by atoms with Gasteiger partial charge in [-0.15, -0.1) is 0 Å². The van der Waals surface area contributed by atoms with Crippen molar-refractivity contribution in [2.24, 2.45) is 23.2 Å². The Morgan fingerprint density at radius 2 is 1.67 bits per heavy atom. The van der Waals surface area contributed by atoms with Crippen LogP contribution in [0.3, 0.4) is 0 Å². The summed E-state index contributed by atoms with van der Waals surface area (Å²) in [5, 5.41) is 11.9. The minimum absolute atomic E-state index is 0.000737. The van der Waals surface area contributed by atoms with E-state index < -0.39 is 5.97 Å². The van der Waals surface area contributed by atoms with E-state index in [0.29, 0.717) is 11.3 Å². The van der Waals surface area contributed by atoms with Gasteiger partial charge in [-0.05, 0) is 42.9 Å². The Hall–Kier alpha value is -1.06. The van der Waals surface area contributed by atoms with E-state index >= 15 is 0 Å². The minimum Gasteiger partial charge on any atom is -0.481 e. The zero-order valence-corrected chi connectivity index (χ0v) is 14.1. The van der Waals surface area contributed by atoms with Gasteiger partial charge in [0, 0.05) is 12.0 Å². The molecule has 0 aromatic rings. The summed E-state index contributed by atoms with van der Waals surface area (Å²) in [6.07, 6.45) is 4.03. The Morgan fingerprint density at radius 3 is 2.05 bits per heavy atom. The largest absolute Gasteiger partial charge is 0.481 e. The molecule has 0 radical (unpaired) electrons. The van der Waals surface area contributed by atoms with Gasteiger partial charge < -0.3 is 10.4 Å². The second kappa shape index (κ2) is 7.28. The summed E-state index contributed by atoms with van der Waals surface area (Å²) in [4.78, 5) is 23.2. The van der Waals surface area contributed by atoms with Crippen LogP contribution in [-0.4, -0.2) is 23.0 Å². The van der Waals surface area contributed by atoms with Crippen LogP contribution in [0.2, 0.25) is 0 Å². The number of rotatable bonds is 5. The first-order chi connectivity index (χ1) is 9.61. The van der Waals surface area contributed by atoms with Crippen molar-refractivity contribution in [2.75, 3.05) is 0 Å². The average molecular weight is 297 g/mol. The molecule has 1 fully saturated rings. The first kappa shape index (κ1) is 18.0. The molecule has 21 heavy (non-hydrogen) atoms. The van der Waals surface area contributed by atoms with Crippen molar-refractivity contribution in [1.82, 2.24) is 5.32 Å². The number of amides is 1. The maximum Gasteiger partial charge on any atom is 0.305 e. The van der Waals surface area contributed by atoms with Crippen LogP contribution in [-0.2, 0) is 9.59 Å². The third-order valence-electron chi connectivity index (χ3n) is 4.85. The maximum atomic E-state index is 12.3. The Morgan fingerprint density at radius 1 is 1.14 bits per heavy atom. The van der Waals surface area contributed by atoms with E-state index in [1.54, 1.807) is 0 Å². The Balaban J connectivity index is 2.51. The van der Waals surface area contributed by atoms with Gasteiger partial charge in [0.25, 0.3) is 0 Å².